The van der Waals surface area contributed by atoms with E-state index in [9.17, 15) is 13.2 Å². The summed E-state index contributed by atoms with van der Waals surface area (Å²) in [4.78, 5) is 12.9. The first kappa shape index (κ1) is 19.0. The van der Waals surface area contributed by atoms with Gasteiger partial charge in [0.25, 0.3) is 5.91 Å². The Hall–Kier alpha value is -2.35. The molecule has 0 fully saturated rings. The molecule has 146 valence electrons. The van der Waals surface area contributed by atoms with E-state index in [1.165, 1.54) is 10.6 Å². The first-order valence-electron chi connectivity index (χ1n) is 8.80. The van der Waals surface area contributed by atoms with Crippen molar-refractivity contribution in [2.45, 2.75) is 19.9 Å². The minimum atomic E-state index is -3.25. The highest BCUT2D eigenvalue weighted by Crippen LogP contribution is 2.30. The minimum Gasteiger partial charge on any atom is -0.451 e. The molecule has 0 bridgehead atoms. The number of fused-ring (bicyclic) bond motifs is 2. The van der Waals surface area contributed by atoms with Crippen LogP contribution < -0.4 is 5.32 Å². The Labute approximate surface area is 168 Å². The van der Waals surface area contributed by atoms with Crippen molar-refractivity contribution in [2.24, 2.45) is 0 Å². The Morgan fingerprint density at radius 3 is 2.79 bits per heavy atom. The summed E-state index contributed by atoms with van der Waals surface area (Å²) in [5.74, 6) is -0.104. The second kappa shape index (κ2) is 6.92. The zero-order chi connectivity index (χ0) is 20.1. The summed E-state index contributed by atoms with van der Waals surface area (Å²) in [5.41, 5.74) is 3.85. The maximum Gasteiger partial charge on any atom is 0.291 e. The molecule has 1 aromatic heterocycles. The van der Waals surface area contributed by atoms with Crippen LogP contribution in [0.3, 0.4) is 0 Å². The molecule has 0 spiro atoms. The Kier molecular flexibility index (Phi) is 4.69. The number of halogens is 1. The lowest BCUT2D eigenvalue weighted by molar-refractivity contribution is 0.0997. The van der Waals surface area contributed by atoms with Gasteiger partial charge in [-0.1, -0.05) is 23.7 Å². The van der Waals surface area contributed by atoms with Crippen LogP contribution in [0.5, 0.6) is 0 Å². The summed E-state index contributed by atoms with van der Waals surface area (Å²) in [5, 5.41) is 4.30. The summed E-state index contributed by atoms with van der Waals surface area (Å²) in [6.07, 6.45) is 1.74. The van der Waals surface area contributed by atoms with Crippen molar-refractivity contribution in [3.63, 3.8) is 0 Å². The van der Waals surface area contributed by atoms with Crippen molar-refractivity contribution in [3.05, 3.63) is 63.9 Å². The lowest BCUT2D eigenvalue weighted by Crippen LogP contribution is -2.35. The average Bonchev–Trinajstić information content (AvgIpc) is 2.97. The molecular weight excluding hydrogens is 400 g/mol. The van der Waals surface area contributed by atoms with Gasteiger partial charge in [-0.05, 0) is 48.7 Å². The fourth-order valence-corrected chi connectivity index (χ4v) is 4.54. The van der Waals surface area contributed by atoms with Crippen LogP contribution in [-0.2, 0) is 23.0 Å². The van der Waals surface area contributed by atoms with E-state index in [2.05, 4.69) is 5.32 Å². The first-order chi connectivity index (χ1) is 13.2. The fraction of sp³-hybridized carbons (Fsp3) is 0.250. The predicted octanol–water partition coefficient (Wildman–Crippen LogP) is 3.96. The second-order valence-electron chi connectivity index (χ2n) is 6.94. The van der Waals surface area contributed by atoms with Crippen LogP contribution in [0.15, 0.2) is 40.8 Å². The van der Waals surface area contributed by atoms with Gasteiger partial charge in [-0.25, -0.2) is 8.42 Å². The maximum absolute atomic E-state index is 12.9. The minimum absolute atomic E-state index is 0.239. The van der Waals surface area contributed by atoms with Crippen LogP contribution in [0.4, 0.5) is 5.69 Å². The van der Waals surface area contributed by atoms with Gasteiger partial charge in [0.15, 0.2) is 5.76 Å². The van der Waals surface area contributed by atoms with Crippen molar-refractivity contribution >= 4 is 44.2 Å². The molecule has 1 amide bonds. The summed E-state index contributed by atoms with van der Waals surface area (Å²) in [6, 6.07) is 10.8. The van der Waals surface area contributed by atoms with Crippen LogP contribution in [0, 0.1) is 6.92 Å². The number of rotatable bonds is 3. The van der Waals surface area contributed by atoms with E-state index in [-0.39, 0.29) is 11.7 Å². The SMILES string of the molecule is Cc1c(C(=O)Nc2cccc3c2CCN(S(C)(=O)=O)C3)oc2ccc(Cl)cc12. The molecule has 1 aliphatic heterocycles. The highest BCUT2D eigenvalue weighted by Gasteiger charge is 2.26. The van der Waals surface area contributed by atoms with E-state index < -0.39 is 10.0 Å². The molecule has 2 heterocycles. The van der Waals surface area contributed by atoms with Gasteiger partial charge < -0.3 is 9.73 Å². The molecule has 28 heavy (non-hydrogen) atoms. The number of anilines is 1. The Morgan fingerprint density at radius 2 is 2.04 bits per heavy atom. The third-order valence-corrected chi connectivity index (χ3v) is 6.54. The highest BCUT2D eigenvalue weighted by molar-refractivity contribution is 7.88. The zero-order valence-corrected chi connectivity index (χ0v) is 17.0. The molecule has 1 N–H and O–H groups in total. The smallest absolute Gasteiger partial charge is 0.291 e. The summed E-state index contributed by atoms with van der Waals surface area (Å²) >= 11 is 6.04. The molecule has 0 saturated heterocycles. The summed E-state index contributed by atoms with van der Waals surface area (Å²) in [7, 11) is -3.25. The van der Waals surface area contributed by atoms with Gasteiger partial charge >= 0.3 is 0 Å². The number of hydrogen-bond donors (Lipinski definition) is 1. The number of carbonyl (C=O) groups is 1. The Balaban J connectivity index is 1.64. The average molecular weight is 419 g/mol. The molecular formula is C20H19ClN2O4S. The maximum atomic E-state index is 12.9. The fourth-order valence-electron chi connectivity index (χ4n) is 3.57. The molecule has 0 atom stereocenters. The van der Waals surface area contributed by atoms with E-state index in [1.807, 2.05) is 25.1 Å². The number of carbonyl (C=O) groups excluding carboxylic acids is 1. The van der Waals surface area contributed by atoms with Gasteiger partial charge in [-0.15, -0.1) is 0 Å². The molecule has 8 heteroatoms. The zero-order valence-electron chi connectivity index (χ0n) is 15.5. The molecule has 3 aromatic rings. The summed E-state index contributed by atoms with van der Waals surface area (Å²) in [6.45, 7) is 2.52. The standard InChI is InChI=1S/C20H19ClN2O4S/c1-12-16-10-14(21)6-7-18(16)27-19(12)20(24)22-17-5-3-4-13-11-23(28(2,25)26)9-8-15(13)17/h3-7,10H,8-9,11H2,1-2H3,(H,22,24). The molecule has 4 rings (SSSR count). The van der Waals surface area contributed by atoms with Crippen molar-refractivity contribution in [2.75, 3.05) is 18.1 Å². The molecule has 2 aromatic carbocycles. The predicted molar refractivity (Wildman–Crippen MR) is 109 cm³/mol. The monoisotopic (exact) mass is 418 g/mol. The number of hydrogen-bond acceptors (Lipinski definition) is 4. The van der Waals surface area contributed by atoms with Gasteiger partial charge in [0.1, 0.15) is 5.58 Å². The number of sulfonamides is 1. The van der Waals surface area contributed by atoms with Crippen LogP contribution in [0.25, 0.3) is 11.0 Å². The van der Waals surface area contributed by atoms with E-state index in [4.69, 9.17) is 16.0 Å². The largest absolute Gasteiger partial charge is 0.451 e. The van der Waals surface area contributed by atoms with E-state index in [1.54, 1.807) is 18.2 Å². The van der Waals surface area contributed by atoms with Crippen LogP contribution in [0.1, 0.15) is 27.2 Å². The van der Waals surface area contributed by atoms with Crippen molar-refractivity contribution in [1.29, 1.82) is 0 Å². The number of benzene rings is 2. The van der Waals surface area contributed by atoms with Crippen LogP contribution in [-0.4, -0.2) is 31.4 Å². The number of furan rings is 1. The molecule has 1 aliphatic rings. The lowest BCUT2D eigenvalue weighted by Gasteiger charge is -2.28. The Morgan fingerprint density at radius 1 is 1.25 bits per heavy atom. The van der Waals surface area contributed by atoms with E-state index >= 15 is 0 Å². The second-order valence-corrected chi connectivity index (χ2v) is 9.36. The highest BCUT2D eigenvalue weighted by atomic mass is 35.5. The third kappa shape index (κ3) is 3.41. The van der Waals surface area contributed by atoms with Gasteiger partial charge in [0.2, 0.25) is 10.0 Å². The Bertz CT molecular complexity index is 1200. The van der Waals surface area contributed by atoms with E-state index in [0.717, 1.165) is 22.1 Å². The van der Waals surface area contributed by atoms with E-state index in [0.29, 0.717) is 35.8 Å². The van der Waals surface area contributed by atoms with Crippen LogP contribution >= 0.6 is 11.6 Å². The van der Waals surface area contributed by atoms with Gasteiger partial charge in [-0.2, -0.15) is 4.31 Å². The topological polar surface area (TPSA) is 79.6 Å². The number of nitrogens with zero attached hydrogens (tertiary/aromatic N) is 1. The van der Waals surface area contributed by atoms with Gasteiger partial charge in [0, 0.05) is 34.7 Å². The van der Waals surface area contributed by atoms with Crippen molar-refractivity contribution in [1.82, 2.24) is 4.31 Å². The molecule has 6 nitrogen and oxygen atoms in total. The number of amides is 1. The quantitative estimate of drug-likeness (QED) is 0.698. The normalized spacial score (nSPS) is 14.8. The molecule has 0 unspecified atom stereocenters. The number of aryl methyl sites for hydroxylation is 1. The van der Waals surface area contributed by atoms with Crippen molar-refractivity contribution < 1.29 is 17.6 Å². The molecule has 0 aliphatic carbocycles. The molecule has 0 radical (unpaired) electrons. The van der Waals surface area contributed by atoms with Gasteiger partial charge in [0.05, 0.1) is 6.26 Å². The lowest BCUT2D eigenvalue weighted by atomic mass is 9.99. The summed E-state index contributed by atoms with van der Waals surface area (Å²) < 4.78 is 30.8. The first-order valence-corrected chi connectivity index (χ1v) is 11.0. The van der Waals surface area contributed by atoms with Crippen LogP contribution in [0.2, 0.25) is 5.02 Å². The van der Waals surface area contributed by atoms with Gasteiger partial charge in [-0.3, -0.25) is 4.79 Å². The molecule has 0 saturated carbocycles. The number of nitrogens with one attached hydrogen (secondary N) is 1. The third-order valence-electron chi connectivity index (χ3n) is 5.05. The van der Waals surface area contributed by atoms with Crippen molar-refractivity contribution in [3.8, 4) is 0 Å².